The molecule has 0 aromatic carbocycles. The van der Waals surface area contributed by atoms with Gasteiger partial charge in [0, 0.05) is 22.4 Å². The lowest BCUT2D eigenvalue weighted by Crippen LogP contribution is -2.40. The standard InChI is InChI=1S/C9H13Br2NO2S/c1-9(14,5-13)4-12-3-6-2-7(10)8(11)15-6/h2,12-14H,3-5H2,1H3. The smallest absolute Gasteiger partial charge is 0.0972 e. The molecule has 1 unspecified atom stereocenters. The molecule has 0 aliphatic rings. The summed E-state index contributed by atoms with van der Waals surface area (Å²) in [5, 5.41) is 21.5. The summed E-state index contributed by atoms with van der Waals surface area (Å²) in [5.74, 6) is 0. The second kappa shape index (κ2) is 5.75. The van der Waals surface area contributed by atoms with Gasteiger partial charge in [0.25, 0.3) is 0 Å². The van der Waals surface area contributed by atoms with Gasteiger partial charge in [-0.1, -0.05) is 0 Å². The molecular formula is C9H13Br2NO2S. The summed E-state index contributed by atoms with van der Waals surface area (Å²) in [5.41, 5.74) is -1.05. The average Bonchev–Trinajstić information content (AvgIpc) is 2.46. The Balaban J connectivity index is 2.38. The molecule has 15 heavy (non-hydrogen) atoms. The van der Waals surface area contributed by atoms with E-state index in [4.69, 9.17) is 5.11 Å². The van der Waals surface area contributed by atoms with Gasteiger partial charge in [-0.3, -0.25) is 0 Å². The summed E-state index contributed by atoms with van der Waals surface area (Å²) < 4.78 is 2.10. The molecule has 1 heterocycles. The van der Waals surface area contributed by atoms with Crippen LogP contribution in [0.4, 0.5) is 0 Å². The van der Waals surface area contributed by atoms with Crippen molar-refractivity contribution in [1.82, 2.24) is 5.32 Å². The van der Waals surface area contributed by atoms with Crippen LogP contribution >= 0.6 is 43.2 Å². The molecule has 0 saturated heterocycles. The van der Waals surface area contributed by atoms with Crippen LogP contribution in [0.1, 0.15) is 11.8 Å². The lowest BCUT2D eigenvalue weighted by molar-refractivity contribution is 0.00258. The third-order valence-electron chi connectivity index (χ3n) is 1.84. The van der Waals surface area contributed by atoms with Crippen molar-refractivity contribution >= 4 is 43.2 Å². The Kier molecular flexibility index (Phi) is 5.21. The first-order chi connectivity index (χ1) is 6.94. The normalized spacial score (nSPS) is 15.3. The predicted octanol–water partition coefficient (Wildman–Crippen LogP) is 2.11. The highest BCUT2D eigenvalue weighted by Gasteiger charge is 2.18. The van der Waals surface area contributed by atoms with E-state index < -0.39 is 5.60 Å². The molecule has 0 radical (unpaired) electrons. The van der Waals surface area contributed by atoms with E-state index in [-0.39, 0.29) is 6.61 Å². The van der Waals surface area contributed by atoms with Crippen molar-refractivity contribution in [3.8, 4) is 0 Å². The van der Waals surface area contributed by atoms with E-state index in [2.05, 4.69) is 37.2 Å². The van der Waals surface area contributed by atoms with Crippen molar-refractivity contribution in [3.63, 3.8) is 0 Å². The fourth-order valence-corrected chi connectivity index (χ4v) is 3.14. The lowest BCUT2D eigenvalue weighted by Gasteiger charge is -2.20. The minimum atomic E-state index is -1.05. The number of thiophene rings is 1. The number of aliphatic hydroxyl groups is 2. The summed E-state index contributed by atoms with van der Waals surface area (Å²) in [7, 11) is 0. The number of aliphatic hydroxyl groups excluding tert-OH is 1. The first-order valence-electron chi connectivity index (χ1n) is 4.42. The van der Waals surface area contributed by atoms with Crippen molar-refractivity contribution in [2.45, 2.75) is 19.1 Å². The summed E-state index contributed by atoms with van der Waals surface area (Å²) >= 11 is 8.46. The molecule has 6 heteroatoms. The zero-order valence-corrected chi connectivity index (χ0v) is 12.2. The van der Waals surface area contributed by atoms with E-state index >= 15 is 0 Å². The fourth-order valence-electron chi connectivity index (χ4n) is 0.989. The topological polar surface area (TPSA) is 52.5 Å². The van der Waals surface area contributed by atoms with Crippen molar-refractivity contribution in [2.75, 3.05) is 13.2 Å². The number of hydrogen-bond donors (Lipinski definition) is 3. The molecule has 1 aromatic heterocycles. The molecular weight excluding hydrogens is 346 g/mol. The van der Waals surface area contributed by atoms with Gasteiger partial charge in [0.05, 0.1) is 16.0 Å². The second-order valence-electron chi connectivity index (χ2n) is 3.59. The van der Waals surface area contributed by atoms with E-state index in [1.54, 1.807) is 18.3 Å². The Morgan fingerprint density at radius 1 is 1.53 bits per heavy atom. The molecule has 0 saturated carbocycles. The molecule has 0 aliphatic heterocycles. The van der Waals surface area contributed by atoms with Crippen LogP contribution in [0, 0.1) is 0 Å². The minimum Gasteiger partial charge on any atom is -0.393 e. The van der Waals surface area contributed by atoms with Crippen LogP contribution in [0.3, 0.4) is 0 Å². The largest absolute Gasteiger partial charge is 0.393 e. The predicted molar refractivity (Wildman–Crippen MR) is 69.1 cm³/mol. The molecule has 0 spiro atoms. The summed E-state index contributed by atoms with van der Waals surface area (Å²) in [6.07, 6.45) is 0. The summed E-state index contributed by atoms with van der Waals surface area (Å²) in [6.45, 7) is 2.42. The zero-order valence-electron chi connectivity index (χ0n) is 8.26. The average molecular weight is 359 g/mol. The number of nitrogens with one attached hydrogen (secondary N) is 1. The molecule has 0 fully saturated rings. The van der Waals surface area contributed by atoms with Gasteiger partial charge in [-0.05, 0) is 44.8 Å². The van der Waals surface area contributed by atoms with E-state index in [1.807, 2.05) is 6.07 Å². The number of halogens is 2. The second-order valence-corrected chi connectivity index (χ2v) is 6.90. The van der Waals surface area contributed by atoms with Crippen molar-refractivity contribution in [1.29, 1.82) is 0 Å². The maximum atomic E-state index is 9.53. The molecule has 3 N–H and O–H groups in total. The SMILES string of the molecule is CC(O)(CO)CNCc1cc(Br)c(Br)s1. The Morgan fingerprint density at radius 3 is 2.67 bits per heavy atom. The van der Waals surface area contributed by atoms with Crippen LogP contribution in [-0.2, 0) is 6.54 Å². The van der Waals surface area contributed by atoms with Crippen LogP contribution in [0.5, 0.6) is 0 Å². The first-order valence-corrected chi connectivity index (χ1v) is 6.82. The van der Waals surface area contributed by atoms with Crippen LogP contribution in [0.15, 0.2) is 14.3 Å². The molecule has 0 aliphatic carbocycles. The molecule has 3 nitrogen and oxygen atoms in total. The number of hydrogen-bond acceptors (Lipinski definition) is 4. The van der Waals surface area contributed by atoms with Gasteiger partial charge >= 0.3 is 0 Å². The molecule has 0 bridgehead atoms. The van der Waals surface area contributed by atoms with Gasteiger partial charge in [0.15, 0.2) is 0 Å². The Hall–Kier alpha value is 0.540. The fraction of sp³-hybridized carbons (Fsp3) is 0.556. The molecule has 1 aromatic rings. The zero-order chi connectivity index (χ0) is 11.5. The highest BCUT2D eigenvalue weighted by Crippen LogP contribution is 2.32. The van der Waals surface area contributed by atoms with E-state index in [0.29, 0.717) is 13.1 Å². The van der Waals surface area contributed by atoms with Crippen molar-refractivity contribution in [2.24, 2.45) is 0 Å². The van der Waals surface area contributed by atoms with Crippen LogP contribution in [0.2, 0.25) is 0 Å². The summed E-state index contributed by atoms with van der Waals surface area (Å²) in [6, 6.07) is 2.02. The van der Waals surface area contributed by atoms with Gasteiger partial charge in [0.1, 0.15) is 0 Å². The third kappa shape index (κ3) is 4.50. The monoisotopic (exact) mass is 357 g/mol. The molecule has 1 atom stereocenters. The van der Waals surface area contributed by atoms with E-state index in [0.717, 1.165) is 8.26 Å². The van der Waals surface area contributed by atoms with E-state index in [1.165, 1.54) is 4.88 Å². The quantitative estimate of drug-likeness (QED) is 0.755. The van der Waals surface area contributed by atoms with Gasteiger partial charge in [-0.25, -0.2) is 0 Å². The van der Waals surface area contributed by atoms with Gasteiger partial charge in [-0.15, -0.1) is 11.3 Å². The Labute approximate surface area is 110 Å². The third-order valence-corrected chi connectivity index (χ3v) is 5.10. The molecule has 1 rings (SSSR count). The van der Waals surface area contributed by atoms with Crippen molar-refractivity contribution in [3.05, 3.63) is 19.2 Å². The van der Waals surface area contributed by atoms with Crippen LogP contribution in [0.25, 0.3) is 0 Å². The maximum absolute atomic E-state index is 9.53. The van der Waals surface area contributed by atoms with Gasteiger partial charge in [0.2, 0.25) is 0 Å². The van der Waals surface area contributed by atoms with Crippen LogP contribution < -0.4 is 5.32 Å². The first kappa shape index (κ1) is 13.6. The minimum absolute atomic E-state index is 0.238. The Morgan fingerprint density at radius 2 is 2.20 bits per heavy atom. The van der Waals surface area contributed by atoms with Crippen molar-refractivity contribution < 1.29 is 10.2 Å². The molecule has 0 amide bonds. The highest BCUT2D eigenvalue weighted by atomic mass is 79.9. The summed E-state index contributed by atoms with van der Waals surface area (Å²) in [4.78, 5) is 1.17. The number of rotatable bonds is 5. The lowest BCUT2D eigenvalue weighted by atomic mass is 10.1. The van der Waals surface area contributed by atoms with E-state index in [9.17, 15) is 5.11 Å². The van der Waals surface area contributed by atoms with Gasteiger partial charge < -0.3 is 15.5 Å². The highest BCUT2D eigenvalue weighted by molar-refractivity contribution is 9.13. The van der Waals surface area contributed by atoms with Crippen LogP contribution in [-0.4, -0.2) is 29.0 Å². The molecule has 86 valence electrons. The Bertz CT molecular complexity index is 308. The van der Waals surface area contributed by atoms with Gasteiger partial charge in [-0.2, -0.15) is 0 Å². The maximum Gasteiger partial charge on any atom is 0.0972 e.